The van der Waals surface area contributed by atoms with Crippen molar-refractivity contribution in [2.45, 2.75) is 26.7 Å². The Bertz CT molecular complexity index is 452. The van der Waals surface area contributed by atoms with Gasteiger partial charge in [0.1, 0.15) is 5.75 Å². The van der Waals surface area contributed by atoms with Gasteiger partial charge in [0.25, 0.3) is 0 Å². The summed E-state index contributed by atoms with van der Waals surface area (Å²) in [6, 6.07) is 5.38. The fourth-order valence-electron chi connectivity index (χ4n) is 1.69. The van der Waals surface area contributed by atoms with Crippen molar-refractivity contribution in [3.05, 3.63) is 34.9 Å². The number of carbonyl (C=O) groups is 1. The summed E-state index contributed by atoms with van der Waals surface area (Å²) in [5.74, 6) is -0.110. The second-order valence-corrected chi connectivity index (χ2v) is 4.19. The van der Waals surface area contributed by atoms with E-state index < -0.39 is 5.97 Å². The molecule has 0 radical (unpaired) electrons. The average Bonchev–Trinajstić information content (AvgIpc) is 2.33. The number of carboxylic acids is 1. The first-order chi connectivity index (χ1) is 8.58. The molecule has 0 aromatic heterocycles. The summed E-state index contributed by atoms with van der Waals surface area (Å²) in [7, 11) is 0. The Balaban J connectivity index is 3.13. The van der Waals surface area contributed by atoms with E-state index in [9.17, 15) is 4.79 Å². The van der Waals surface area contributed by atoms with E-state index in [4.69, 9.17) is 21.4 Å². The third-order valence-corrected chi connectivity index (χ3v) is 2.73. The van der Waals surface area contributed by atoms with E-state index in [-0.39, 0.29) is 6.42 Å². The van der Waals surface area contributed by atoms with E-state index in [1.807, 2.05) is 26.0 Å². The molecule has 0 spiro atoms. The lowest BCUT2D eigenvalue weighted by Crippen LogP contribution is -1.97. The van der Waals surface area contributed by atoms with E-state index in [2.05, 4.69) is 0 Å². The number of allylic oxidation sites excluding steroid dienone is 1. The van der Waals surface area contributed by atoms with Gasteiger partial charge in [0.2, 0.25) is 0 Å². The van der Waals surface area contributed by atoms with Gasteiger partial charge in [-0.2, -0.15) is 0 Å². The van der Waals surface area contributed by atoms with Gasteiger partial charge in [-0.1, -0.05) is 24.6 Å². The SMILES string of the molecule is CCOc1ccc(Cl)cc1/C(=C/CC(=O)O)CC. The Morgan fingerprint density at radius 2 is 2.17 bits per heavy atom. The summed E-state index contributed by atoms with van der Waals surface area (Å²) in [5, 5.41) is 9.34. The maximum absolute atomic E-state index is 10.6. The van der Waals surface area contributed by atoms with Crippen LogP contribution in [0.3, 0.4) is 0 Å². The van der Waals surface area contributed by atoms with Crippen LogP contribution in [0.15, 0.2) is 24.3 Å². The van der Waals surface area contributed by atoms with Crippen LogP contribution in [0.5, 0.6) is 5.75 Å². The van der Waals surface area contributed by atoms with Crippen molar-refractivity contribution >= 4 is 23.1 Å². The van der Waals surface area contributed by atoms with Gasteiger partial charge in [-0.15, -0.1) is 0 Å². The Morgan fingerprint density at radius 1 is 1.44 bits per heavy atom. The number of benzene rings is 1. The highest BCUT2D eigenvalue weighted by atomic mass is 35.5. The smallest absolute Gasteiger partial charge is 0.307 e. The van der Waals surface area contributed by atoms with Gasteiger partial charge in [0.05, 0.1) is 13.0 Å². The molecule has 18 heavy (non-hydrogen) atoms. The molecular weight excluding hydrogens is 252 g/mol. The number of ether oxygens (including phenoxy) is 1. The van der Waals surface area contributed by atoms with Gasteiger partial charge in [0.15, 0.2) is 0 Å². The molecule has 1 aromatic rings. The van der Waals surface area contributed by atoms with E-state index in [1.54, 1.807) is 12.1 Å². The fraction of sp³-hybridized carbons (Fsp3) is 0.357. The summed E-state index contributed by atoms with van der Waals surface area (Å²) >= 11 is 5.98. The molecule has 0 fully saturated rings. The zero-order chi connectivity index (χ0) is 13.5. The molecular formula is C14H17ClO3. The van der Waals surface area contributed by atoms with Crippen LogP contribution in [0, 0.1) is 0 Å². The van der Waals surface area contributed by atoms with Gasteiger partial charge in [-0.05, 0) is 37.1 Å². The van der Waals surface area contributed by atoms with Crippen LogP contribution in [-0.2, 0) is 4.79 Å². The molecule has 0 heterocycles. The first kappa shape index (κ1) is 14.6. The van der Waals surface area contributed by atoms with Crippen LogP contribution in [0.2, 0.25) is 5.02 Å². The van der Waals surface area contributed by atoms with Gasteiger partial charge in [-0.25, -0.2) is 0 Å². The highest BCUT2D eigenvalue weighted by Crippen LogP contribution is 2.31. The van der Waals surface area contributed by atoms with Crippen LogP contribution in [0.4, 0.5) is 0 Å². The molecule has 0 aliphatic rings. The Morgan fingerprint density at radius 3 is 2.72 bits per heavy atom. The molecule has 1 rings (SSSR count). The van der Waals surface area contributed by atoms with Gasteiger partial charge in [0, 0.05) is 10.6 Å². The van der Waals surface area contributed by atoms with Crippen LogP contribution in [-0.4, -0.2) is 17.7 Å². The molecule has 3 nitrogen and oxygen atoms in total. The zero-order valence-corrected chi connectivity index (χ0v) is 11.3. The minimum Gasteiger partial charge on any atom is -0.493 e. The standard InChI is InChI=1S/C14H17ClO3/c1-3-10(5-8-14(16)17)12-9-11(15)6-7-13(12)18-4-2/h5-7,9H,3-4,8H2,1-2H3,(H,16,17)/b10-5+. The van der Waals surface area contributed by atoms with Crippen molar-refractivity contribution in [3.63, 3.8) is 0 Å². The number of hydrogen-bond donors (Lipinski definition) is 1. The first-order valence-corrected chi connectivity index (χ1v) is 6.29. The largest absolute Gasteiger partial charge is 0.493 e. The summed E-state index contributed by atoms with van der Waals surface area (Å²) in [4.78, 5) is 10.6. The summed E-state index contributed by atoms with van der Waals surface area (Å²) in [6.07, 6.45) is 2.44. The molecule has 1 aromatic carbocycles. The molecule has 0 unspecified atom stereocenters. The minimum absolute atomic E-state index is 0.00124. The van der Waals surface area contributed by atoms with Crippen molar-refractivity contribution in [1.29, 1.82) is 0 Å². The first-order valence-electron chi connectivity index (χ1n) is 5.92. The molecule has 98 valence electrons. The average molecular weight is 269 g/mol. The second-order valence-electron chi connectivity index (χ2n) is 3.75. The lowest BCUT2D eigenvalue weighted by Gasteiger charge is -2.12. The molecule has 0 bridgehead atoms. The number of rotatable bonds is 6. The highest BCUT2D eigenvalue weighted by molar-refractivity contribution is 6.30. The normalized spacial score (nSPS) is 11.4. The van der Waals surface area contributed by atoms with Gasteiger partial charge < -0.3 is 9.84 Å². The van der Waals surface area contributed by atoms with Crippen molar-refractivity contribution in [2.75, 3.05) is 6.61 Å². The van der Waals surface area contributed by atoms with E-state index >= 15 is 0 Å². The molecule has 0 amide bonds. The molecule has 1 N–H and O–H groups in total. The third kappa shape index (κ3) is 4.08. The maximum atomic E-state index is 10.6. The topological polar surface area (TPSA) is 46.5 Å². The van der Waals surface area contributed by atoms with Gasteiger partial charge >= 0.3 is 5.97 Å². The highest BCUT2D eigenvalue weighted by Gasteiger charge is 2.09. The zero-order valence-electron chi connectivity index (χ0n) is 10.6. The predicted molar refractivity (Wildman–Crippen MR) is 73.1 cm³/mol. The van der Waals surface area contributed by atoms with Crippen molar-refractivity contribution in [1.82, 2.24) is 0 Å². The molecule has 0 saturated carbocycles. The Labute approximate surface area is 112 Å². The summed E-state index contributed by atoms with van der Waals surface area (Å²) in [6.45, 7) is 4.44. The van der Waals surface area contributed by atoms with Gasteiger partial charge in [-0.3, -0.25) is 4.79 Å². The number of hydrogen-bond acceptors (Lipinski definition) is 2. The van der Waals surface area contributed by atoms with Crippen molar-refractivity contribution < 1.29 is 14.6 Å². The van der Waals surface area contributed by atoms with E-state index in [1.165, 1.54) is 0 Å². The molecule has 0 aliphatic heterocycles. The number of carboxylic acid groups (broad SMARTS) is 1. The quantitative estimate of drug-likeness (QED) is 0.848. The van der Waals surface area contributed by atoms with E-state index in [0.29, 0.717) is 11.6 Å². The second kappa shape index (κ2) is 7.07. The van der Waals surface area contributed by atoms with Crippen LogP contribution in [0.25, 0.3) is 5.57 Å². The predicted octanol–water partition coefficient (Wildman–Crippen LogP) is 4.01. The van der Waals surface area contributed by atoms with Crippen LogP contribution >= 0.6 is 11.6 Å². The Kier molecular flexibility index (Phi) is 5.72. The van der Waals surface area contributed by atoms with E-state index in [0.717, 1.165) is 23.3 Å². The summed E-state index contributed by atoms with van der Waals surface area (Å²) < 4.78 is 5.53. The number of halogens is 1. The monoisotopic (exact) mass is 268 g/mol. The number of aliphatic carboxylic acids is 1. The summed E-state index contributed by atoms with van der Waals surface area (Å²) in [5.41, 5.74) is 1.80. The maximum Gasteiger partial charge on any atom is 0.307 e. The molecule has 0 saturated heterocycles. The molecule has 4 heteroatoms. The third-order valence-electron chi connectivity index (χ3n) is 2.49. The molecule has 0 aliphatic carbocycles. The lowest BCUT2D eigenvalue weighted by atomic mass is 10.0. The Hall–Kier alpha value is -1.48. The van der Waals surface area contributed by atoms with Crippen molar-refractivity contribution in [3.8, 4) is 5.75 Å². The minimum atomic E-state index is -0.846. The van der Waals surface area contributed by atoms with Crippen LogP contribution < -0.4 is 4.74 Å². The lowest BCUT2D eigenvalue weighted by molar-refractivity contribution is -0.135. The molecule has 0 atom stereocenters. The fourth-order valence-corrected chi connectivity index (χ4v) is 1.86. The van der Waals surface area contributed by atoms with Crippen LogP contribution in [0.1, 0.15) is 32.3 Å². The van der Waals surface area contributed by atoms with Crippen molar-refractivity contribution in [2.24, 2.45) is 0 Å².